The van der Waals surface area contributed by atoms with Crippen molar-refractivity contribution >= 4 is 46.3 Å². The van der Waals surface area contributed by atoms with E-state index in [9.17, 15) is 0 Å². The number of hydrogen-bond acceptors (Lipinski definition) is 0. The third-order valence-corrected chi connectivity index (χ3v) is 22.6. The first-order chi connectivity index (χ1) is 18.8. The van der Waals surface area contributed by atoms with E-state index in [1.807, 2.05) is 0 Å². The molecule has 1 aliphatic carbocycles. The zero-order valence-electron chi connectivity index (χ0n) is 23.3. The topological polar surface area (TPSA) is 0 Å². The Morgan fingerprint density at radius 3 is 2.18 bits per heavy atom. The van der Waals surface area contributed by atoms with Crippen molar-refractivity contribution in [3.8, 4) is 22.3 Å². The van der Waals surface area contributed by atoms with Gasteiger partial charge in [0, 0.05) is 0 Å². The summed E-state index contributed by atoms with van der Waals surface area (Å²) in [6, 6.07) is 31.3. The number of allylic oxidation sites excluding steroid dienone is 1. The fourth-order valence-corrected chi connectivity index (χ4v) is 23.6. The molecule has 0 amide bonds. The summed E-state index contributed by atoms with van der Waals surface area (Å²) in [4.78, 5) is 0. The van der Waals surface area contributed by atoms with E-state index in [0.29, 0.717) is 11.8 Å². The SMILES string of the molecule is CC(C)CC1=Cc2c(ccc(CC(C)C)c2-c2ccccc2)[CH]1[Zr]([Cl])([Cl])[c]1cccc2c1[SiH2]c1ccccc1-2. The molecule has 4 aromatic rings. The van der Waals surface area contributed by atoms with Crippen LogP contribution >= 0.6 is 17.0 Å². The van der Waals surface area contributed by atoms with Crippen molar-refractivity contribution in [2.24, 2.45) is 11.8 Å². The maximum atomic E-state index is 7.88. The first-order valence-corrected chi connectivity index (χ1v) is 24.6. The van der Waals surface area contributed by atoms with Gasteiger partial charge in [-0.3, -0.25) is 0 Å². The van der Waals surface area contributed by atoms with E-state index >= 15 is 0 Å². The van der Waals surface area contributed by atoms with Crippen molar-refractivity contribution in [3.05, 3.63) is 107 Å². The molecule has 1 heterocycles. The molecule has 4 aromatic carbocycles. The Kier molecular flexibility index (Phi) is 7.71. The molecule has 0 saturated carbocycles. The molecule has 6 rings (SSSR count). The van der Waals surface area contributed by atoms with Crippen molar-refractivity contribution in [2.45, 2.75) is 44.2 Å². The molecule has 0 radical (unpaired) electrons. The summed E-state index contributed by atoms with van der Waals surface area (Å²) >= 11 is -3.97. The Morgan fingerprint density at radius 1 is 0.744 bits per heavy atom. The van der Waals surface area contributed by atoms with Gasteiger partial charge in [0.15, 0.2) is 0 Å². The Bertz CT molecular complexity index is 1570. The van der Waals surface area contributed by atoms with Gasteiger partial charge >= 0.3 is 250 Å². The first kappa shape index (κ1) is 27.5. The zero-order chi connectivity index (χ0) is 27.3. The molecule has 1 unspecified atom stereocenters. The summed E-state index contributed by atoms with van der Waals surface area (Å²) in [6.45, 7) is 9.24. The van der Waals surface area contributed by atoms with Crippen LogP contribution in [0.15, 0.2) is 90.5 Å². The molecule has 0 saturated heterocycles. The van der Waals surface area contributed by atoms with Crippen molar-refractivity contribution in [1.82, 2.24) is 0 Å². The predicted octanol–water partition coefficient (Wildman–Crippen LogP) is 7.92. The van der Waals surface area contributed by atoms with E-state index in [0.717, 1.165) is 12.8 Å². The second kappa shape index (κ2) is 10.9. The van der Waals surface area contributed by atoms with Crippen LogP contribution in [0.5, 0.6) is 0 Å². The van der Waals surface area contributed by atoms with Gasteiger partial charge in [-0.15, -0.1) is 0 Å². The summed E-state index contributed by atoms with van der Waals surface area (Å²) in [6.07, 6.45) is 4.57. The van der Waals surface area contributed by atoms with Crippen molar-refractivity contribution in [2.75, 3.05) is 0 Å². The van der Waals surface area contributed by atoms with Crippen molar-refractivity contribution in [3.63, 3.8) is 0 Å². The van der Waals surface area contributed by atoms with Crippen LogP contribution in [0.4, 0.5) is 0 Å². The van der Waals surface area contributed by atoms with Gasteiger partial charge in [-0.2, -0.15) is 0 Å². The Labute approximate surface area is 247 Å². The summed E-state index contributed by atoms with van der Waals surface area (Å²) < 4.78 is 1.44. The van der Waals surface area contributed by atoms with Crippen LogP contribution in [0.25, 0.3) is 28.3 Å². The third kappa shape index (κ3) is 5.01. The van der Waals surface area contributed by atoms with E-state index in [1.165, 1.54) is 58.2 Å². The van der Waals surface area contributed by atoms with Gasteiger partial charge in [0.05, 0.1) is 0 Å². The average molecular weight is 647 g/mol. The summed E-state index contributed by atoms with van der Waals surface area (Å²) in [5, 5.41) is 3.02. The normalized spacial score (nSPS) is 16.5. The van der Waals surface area contributed by atoms with Gasteiger partial charge in [0.1, 0.15) is 0 Å². The molecule has 0 aromatic heterocycles. The van der Waals surface area contributed by atoms with Gasteiger partial charge < -0.3 is 0 Å². The van der Waals surface area contributed by atoms with Gasteiger partial charge in [0.2, 0.25) is 0 Å². The van der Waals surface area contributed by atoms with Gasteiger partial charge in [-0.05, 0) is 0 Å². The third-order valence-electron chi connectivity index (χ3n) is 8.28. The zero-order valence-corrected chi connectivity index (χ0v) is 28.7. The minimum atomic E-state index is -3.97. The van der Waals surface area contributed by atoms with Crippen LogP contribution in [0.2, 0.25) is 0 Å². The second-order valence-corrected chi connectivity index (χ2v) is 27.9. The van der Waals surface area contributed by atoms with Crippen molar-refractivity contribution < 1.29 is 17.9 Å². The van der Waals surface area contributed by atoms with E-state index in [1.54, 1.807) is 0 Å². The van der Waals surface area contributed by atoms with Crippen LogP contribution < -0.4 is 13.6 Å². The number of halogens is 2. The molecule has 198 valence electrons. The van der Waals surface area contributed by atoms with E-state index < -0.39 is 27.4 Å². The van der Waals surface area contributed by atoms with Crippen LogP contribution in [0, 0.1) is 11.8 Å². The average Bonchev–Trinajstić information content (AvgIpc) is 3.46. The molecule has 1 aliphatic heterocycles. The molecular weight excluding hydrogens is 611 g/mol. The predicted molar refractivity (Wildman–Crippen MR) is 172 cm³/mol. The molecule has 0 fully saturated rings. The number of rotatable bonds is 7. The van der Waals surface area contributed by atoms with E-state index in [4.69, 9.17) is 17.0 Å². The first-order valence-electron chi connectivity index (χ1n) is 14.3. The molecule has 4 heteroatoms. The molecular formula is C35H36Cl2SiZr. The monoisotopic (exact) mass is 644 g/mol. The quantitative estimate of drug-likeness (QED) is 0.158. The Balaban J connectivity index is 1.54. The summed E-state index contributed by atoms with van der Waals surface area (Å²) in [7, 11) is 15.1. The molecule has 39 heavy (non-hydrogen) atoms. The Morgan fingerprint density at radius 2 is 1.44 bits per heavy atom. The number of hydrogen-bond donors (Lipinski definition) is 0. The van der Waals surface area contributed by atoms with Crippen LogP contribution in [0.3, 0.4) is 0 Å². The molecule has 0 spiro atoms. The van der Waals surface area contributed by atoms with Gasteiger partial charge in [-0.1, -0.05) is 0 Å². The Hall–Kier alpha value is -1.70. The molecule has 0 bridgehead atoms. The maximum absolute atomic E-state index is 7.88. The van der Waals surface area contributed by atoms with Crippen LogP contribution in [0.1, 0.15) is 54.4 Å². The molecule has 0 N–H and O–H groups in total. The molecule has 0 nitrogen and oxygen atoms in total. The summed E-state index contributed by atoms with van der Waals surface area (Å²) in [5.74, 6) is 1.12. The fourth-order valence-electron chi connectivity index (χ4n) is 6.81. The van der Waals surface area contributed by atoms with Crippen LogP contribution in [-0.2, 0) is 24.3 Å². The standard InChI is InChI=1S/C23H27.C12H9Si.2ClH.Zr/c1-16(2)12-18-14-20-10-11-21(13-17(3)4)23(22(20)15-18)19-8-6-5-7-9-19;1-3-7-11-9(5-1)10-6-2-4-8-12(10)13-11;;;/h5-11,14-17H,12-13H2,1-4H3;1-7H,13H2;2*1H;/q;;;;+2/p-2. The van der Waals surface area contributed by atoms with Crippen molar-refractivity contribution in [1.29, 1.82) is 0 Å². The molecule has 2 aliphatic rings. The van der Waals surface area contributed by atoms with E-state index in [-0.39, 0.29) is 3.63 Å². The summed E-state index contributed by atoms with van der Waals surface area (Å²) in [5.41, 5.74) is 11.0. The molecule has 1 atom stereocenters. The van der Waals surface area contributed by atoms with Gasteiger partial charge in [-0.25, -0.2) is 0 Å². The van der Waals surface area contributed by atoms with E-state index in [2.05, 4.69) is 119 Å². The van der Waals surface area contributed by atoms with Gasteiger partial charge in [0.25, 0.3) is 0 Å². The fraction of sp³-hybridized carbons (Fsp3) is 0.257. The second-order valence-electron chi connectivity index (χ2n) is 12.1. The number of benzene rings is 4. The number of fused-ring (bicyclic) bond motifs is 4. The minimum absolute atomic E-state index is 0.125. The van der Waals surface area contributed by atoms with Crippen LogP contribution in [-0.4, -0.2) is 9.52 Å².